The van der Waals surface area contributed by atoms with Crippen molar-refractivity contribution in [3.05, 3.63) is 0 Å². The van der Waals surface area contributed by atoms with Crippen LogP contribution in [0.25, 0.3) is 0 Å². The second-order valence-corrected chi connectivity index (χ2v) is 5.10. The second-order valence-electron chi connectivity index (χ2n) is 5.10. The molecule has 0 bridgehead atoms. The van der Waals surface area contributed by atoms with Crippen LogP contribution < -0.4 is 0 Å². The van der Waals surface area contributed by atoms with Gasteiger partial charge in [-0.1, -0.05) is 13.3 Å². The highest BCUT2D eigenvalue weighted by Crippen LogP contribution is 2.34. The summed E-state index contributed by atoms with van der Waals surface area (Å²) in [5.74, 6) is 0.859. The van der Waals surface area contributed by atoms with Gasteiger partial charge in [0.15, 0.2) is 0 Å². The van der Waals surface area contributed by atoms with Crippen LogP contribution in [0.2, 0.25) is 0 Å². The standard InChI is InChI=1S/C13H27NO2/c1-4-5-8-16-10-13(15)9-14(3)11(2)12-6-7-12/h11-13,15H,4-10H2,1-3H3. The Hall–Kier alpha value is -0.120. The van der Waals surface area contributed by atoms with Crippen molar-refractivity contribution < 1.29 is 9.84 Å². The highest BCUT2D eigenvalue weighted by molar-refractivity contribution is 4.84. The molecule has 1 aliphatic rings. The van der Waals surface area contributed by atoms with Gasteiger partial charge in [0.2, 0.25) is 0 Å². The molecule has 0 amide bonds. The maximum Gasteiger partial charge on any atom is 0.0900 e. The summed E-state index contributed by atoms with van der Waals surface area (Å²) < 4.78 is 5.42. The Morgan fingerprint density at radius 1 is 1.44 bits per heavy atom. The summed E-state index contributed by atoms with van der Waals surface area (Å²) in [4.78, 5) is 2.26. The fourth-order valence-electron chi connectivity index (χ4n) is 1.96. The van der Waals surface area contributed by atoms with E-state index < -0.39 is 0 Å². The molecule has 1 rings (SSSR count). The lowest BCUT2D eigenvalue weighted by molar-refractivity contribution is 0.0130. The summed E-state index contributed by atoms with van der Waals surface area (Å²) in [6.45, 7) is 6.37. The van der Waals surface area contributed by atoms with Gasteiger partial charge in [-0.3, -0.25) is 0 Å². The third kappa shape index (κ3) is 5.28. The summed E-state index contributed by atoms with van der Waals surface area (Å²) in [6, 6.07) is 0.602. The molecule has 0 radical (unpaired) electrons. The van der Waals surface area contributed by atoms with Crippen LogP contribution in [0, 0.1) is 5.92 Å². The third-order valence-electron chi connectivity index (χ3n) is 3.45. The van der Waals surface area contributed by atoms with Crippen molar-refractivity contribution in [1.29, 1.82) is 0 Å². The van der Waals surface area contributed by atoms with Gasteiger partial charge in [0.25, 0.3) is 0 Å². The molecule has 2 unspecified atom stereocenters. The van der Waals surface area contributed by atoms with E-state index in [-0.39, 0.29) is 6.10 Å². The molecule has 0 aromatic carbocycles. The highest BCUT2D eigenvalue weighted by atomic mass is 16.5. The van der Waals surface area contributed by atoms with Crippen LogP contribution in [0.1, 0.15) is 39.5 Å². The van der Waals surface area contributed by atoms with E-state index in [1.54, 1.807) is 0 Å². The number of hydrogen-bond acceptors (Lipinski definition) is 3. The second kappa shape index (κ2) is 7.25. The number of hydrogen-bond donors (Lipinski definition) is 1. The van der Waals surface area contributed by atoms with E-state index in [1.165, 1.54) is 12.8 Å². The van der Waals surface area contributed by atoms with E-state index in [2.05, 4.69) is 25.8 Å². The number of unbranched alkanes of at least 4 members (excludes halogenated alkanes) is 1. The Morgan fingerprint density at radius 2 is 2.12 bits per heavy atom. The zero-order valence-electron chi connectivity index (χ0n) is 11.0. The van der Waals surface area contributed by atoms with Crippen molar-refractivity contribution in [3.63, 3.8) is 0 Å². The first-order chi connectivity index (χ1) is 7.65. The molecule has 0 aromatic rings. The van der Waals surface area contributed by atoms with Gasteiger partial charge in [-0.2, -0.15) is 0 Å². The molecule has 16 heavy (non-hydrogen) atoms. The molecule has 0 aromatic heterocycles. The number of likely N-dealkylation sites (N-methyl/N-ethyl adjacent to an activating group) is 1. The van der Waals surface area contributed by atoms with Gasteiger partial charge in [0.1, 0.15) is 0 Å². The van der Waals surface area contributed by atoms with Gasteiger partial charge in [-0.25, -0.2) is 0 Å². The number of nitrogens with zero attached hydrogens (tertiary/aromatic N) is 1. The average Bonchev–Trinajstić information content (AvgIpc) is 3.07. The van der Waals surface area contributed by atoms with Crippen LogP contribution in [0.3, 0.4) is 0 Å². The van der Waals surface area contributed by atoms with Gasteiger partial charge < -0.3 is 14.7 Å². The molecular formula is C13H27NO2. The van der Waals surface area contributed by atoms with Gasteiger partial charge in [-0.05, 0) is 39.2 Å². The Balaban J connectivity index is 2.05. The smallest absolute Gasteiger partial charge is 0.0900 e. The molecular weight excluding hydrogens is 202 g/mol. The summed E-state index contributed by atoms with van der Waals surface area (Å²) in [7, 11) is 2.10. The molecule has 1 saturated carbocycles. The van der Waals surface area contributed by atoms with Gasteiger partial charge in [0, 0.05) is 19.2 Å². The molecule has 0 saturated heterocycles. The summed E-state index contributed by atoms with van der Waals surface area (Å²) >= 11 is 0. The van der Waals surface area contributed by atoms with Gasteiger partial charge >= 0.3 is 0 Å². The predicted molar refractivity (Wildman–Crippen MR) is 66.5 cm³/mol. The third-order valence-corrected chi connectivity index (χ3v) is 3.45. The lowest BCUT2D eigenvalue weighted by atomic mass is 10.2. The van der Waals surface area contributed by atoms with Crippen molar-refractivity contribution in [2.75, 3.05) is 26.8 Å². The Morgan fingerprint density at radius 3 is 2.69 bits per heavy atom. The minimum atomic E-state index is -0.344. The topological polar surface area (TPSA) is 32.7 Å². The largest absolute Gasteiger partial charge is 0.389 e. The highest BCUT2D eigenvalue weighted by Gasteiger charge is 2.30. The van der Waals surface area contributed by atoms with E-state index in [0.29, 0.717) is 12.6 Å². The van der Waals surface area contributed by atoms with E-state index in [0.717, 1.165) is 31.9 Å². The Bertz CT molecular complexity index is 183. The lowest BCUT2D eigenvalue weighted by Crippen LogP contribution is -2.38. The van der Waals surface area contributed by atoms with E-state index in [1.807, 2.05) is 0 Å². The first-order valence-electron chi connectivity index (χ1n) is 6.61. The van der Waals surface area contributed by atoms with Crippen LogP contribution in [-0.4, -0.2) is 49.0 Å². The summed E-state index contributed by atoms with van der Waals surface area (Å²) in [6.07, 6.45) is 4.60. The molecule has 0 aliphatic heterocycles. The van der Waals surface area contributed by atoms with Crippen molar-refractivity contribution in [2.24, 2.45) is 5.92 Å². The molecule has 1 N–H and O–H groups in total. The average molecular weight is 229 g/mol. The quantitative estimate of drug-likeness (QED) is 0.613. The van der Waals surface area contributed by atoms with Crippen molar-refractivity contribution >= 4 is 0 Å². The van der Waals surface area contributed by atoms with Crippen LogP contribution in [0.5, 0.6) is 0 Å². The van der Waals surface area contributed by atoms with Crippen LogP contribution in [-0.2, 0) is 4.74 Å². The van der Waals surface area contributed by atoms with E-state index in [9.17, 15) is 5.11 Å². The minimum Gasteiger partial charge on any atom is -0.389 e. The monoisotopic (exact) mass is 229 g/mol. The van der Waals surface area contributed by atoms with Crippen molar-refractivity contribution in [2.45, 2.75) is 51.7 Å². The molecule has 0 heterocycles. The van der Waals surface area contributed by atoms with Crippen molar-refractivity contribution in [3.8, 4) is 0 Å². The zero-order chi connectivity index (χ0) is 12.0. The van der Waals surface area contributed by atoms with Crippen molar-refractivity contribution in [1.82, 2.24) is 4.90 Å². The molecule has 3 heteroatoms. The Labute approximate surface area is 99.8 Å². The number of ether oxygens (including phenoxy) is 1. The van der Waals surface area contributed by atoms with Crippen LogP contribution in [0.15, 0.2) is 0 Å². The number of aliphatic hydroxyl groups excluding tert-OH is 1. The molecule has 96 valence electrons. The zero-order valence-corrected chi connectivity index (χ0v) is 11.0. The molecule has 1 aliphatic carbocycles. The molecule has 2 atom stereocenters. The lowest BCUT2D eigenvalue weighted by Gasteiger charge is -2.26. The maximum absolute atomic E-state index is 9.80. The predicted octanol–water partition coefficient (Wildman–Crippen LogP) is 1.89. The fraction of sp³-hybridized carbons (Fsp3) is 1.00. The normalized spacial score (nSPS) is 20.1. The fourth-order valence-corrected chi connectivity index (χ4v) is 1.96. The van der Waals surface area contributed by atoms with Crippen LogP contribution in [0.4, 0.5) is 0 Å². The molecule has 0 spiro atoms. The number of aliphatic hydroxyl groups is 1. The molecule has 1 fully saturated rings. The van der Waals surface area contributed by atoms with Gasteiger partial charge in [0.05, 0.1) is 12.7 Å². The minimum absolute atomic E-state index is 0.344. The first-order valence-corrected chi connectivity index (χ1v) is 6.61. The van der Waals surface area contributed by atoms with E-state index >= 15 is 0 Å². The summed E-state index contributed by atoms with van der Waals surface area (Å²) in [5, 5.41) is 9.80. The SMILES string of the molecule is CCCCOCC(O)CN(C)C(C)C1CC1. The maximum atomic E-state index is 9.80. The molecule has 3 nitrogen and oxygen atoms in total. The first kappa shape index (κ1) is 13.9. The van der Waals surface area contributed by atoms with Gasteiger partial charge in [-0.15, -0.1) is 0 Å². The van der Waals surface area contributed by atoms with Crippen LogP contribution >= 0.6 is 0 Å². The summed E-state index contributed by atoms with van der Waals surface area (Å²) in [5.41, 5.74) is 0. The Kier molecular flexibility index (Phi) is 6.32. The van der Waals surface area contributed by atoms with E-state index in [4.69, 9.17) is 4.74 Å². The number of rotatable bonds is 9.